The molecule has 1 atom stereocenters. The predicted molar refractivity (Wildman–Crippen MR) is 279 cm³/mol. The van der Waals surface area contributed by atoms with Crippen LogP contribution in [0.5, 0.6) is 0 Å². The molecule has 0 heterocycles. The first-order valence-corrected chi connectivity index (χ1v) is 26.8. The van der Waals surface area contributed by atoms with Crippen molar-refractivity contribution in [1.82, 2.24) is 0 Å². The summed E-state index contributed by atoms with van der Waals surface area (Å²) in [7, 11) is 0. The molecular formula is C59H98O6. The molecule has 0 aliphatic carbocycles. The van der Waals surface area contributed by atoms with Gasteiger partial charge in [-0.05, 0) is 77.0 Å². The van der Waals surface area contributed by atoms with Crippen LogP contribution in [0.4, 0.5) is 0 Å². The first-order valence-electron chi connectivity index (χ1n) is 26.8. The van der Waals surface area contributed by atoms with E-state index in [-0.39, 0.29) is 44.0 Å². The van der Waals surface area contributed by atoms with Crippen molar-refractivity contribution in [2.45, 2.75) is 245 Å². The highest BCUT2D eigenvalue weighted by atomic mass is 16.6. The van der Waals surface area contributed by atoms with E-state index in [0.29, 0.717) is 12.8 Å². The van der Waals surface area contributed by atoms with Crippen molar-refractivity contribution in [3.8, 4) is 0 Å². The SMILES string of the molecule is CC\C=C/C=C\C=C/C=C\CCCCCCCC(=O)OC(COC(=O)CCC/C=C\C/C=C\C/C=C\C/C=C\CCCCC)COC(=O)CCCCCCCCCCCCCCCCC. The van der Waals surface area contributed by atoms with Crippen LogP contribution in [0, 0.1) is 0 Å². The molecule has 0 saturated heterocycles. The Kier molecular flexibility index (Phi) is 50.0. The van der Waals surface area contributed by atoms with Gasteiger partial charge in [-0.15, -0.1) is 0 Å². The molecule has 370 valence electrons. The lowest BCUT2D eigenvalue weighted by atomic mass is 10.0. The van der Waals surface area contributed by atoms with Crippen LogP contribution in [0.3, 0.4) is 0 Å². The Labute approximate surface area is 400 Å². The van der Waals surface area contributed by atoms with Crippen molar-refractivity contribution in [3.05, 3.63) is 97.2 Å². The van der Waals surface area contributed by atoms with Crippen LogP contribution < -0.4 is 0 Å². The van der Waals surface area contributed by atoms with E-state index in [4.69, 9.17) is 14.2 Å². The lowest BCUT2D eigenvalue weighted by Gasteiger charge is -2.18. The Hall–Kier alpha value is -3.67. The number of carbonyl (C=O) groups is 3. The summed E-state index contributed by atoms with van der Waals surface area (Å²) in [6, 6.07) is 0. The van der Waals surface area contributed by atoms with E-state index in [1.807, 2.05) is 24.3 Å². The van der Waals surface area contributed by atoms with Crippen molar-refractivity contribution < 1.29 is 28.6 Å². The Morgan fingerprint density at radius 1 is 0.338 bits per heavy atom. The highest BCUT2D eigenvalue weighted by Crippen LogP contribution is 2.15. The van der Waals surface area contributed by atoms with Crippen molar-refractivity contribution >= 4 is 17.9 Å². The smallest absolute Gasteiger partial charge is 0.306 e. The Morgan fingerprint density at radius 3 is 1.17 bits per heavy atom. The molecule has 0 aromatic rings. The van der Waals surface area contributed by atoms with Crippen molar-refractivity contribution in [2.24, 2.45) is 0 Å². The molecule has 6 nitrogen and oxygen atoms in total. The second kappa shape index (κ2) is 52.9. The van der Waals surface area contributed by atoms with Crippen LogP contribution in [0.15, 0.2) is 97.2 Å². The largest absolute Gasteiger partial charge is 0.462 e. The maximum Gasteiger partial charge on any atom is 0.306 e. The van der Waals surface area contributed by atoms with Crippen molar-refractivity contribution in [2.75, 3.05) is 13.2 Å². The van der Waals surface area contributed by atoms with E-state index in [9.17, 15) is 14.4 Å². The number of hydrogen-bond acceptors (Lipinski definition) is 6. The molecule has 0 saturated carbocycles. The van der Waals surface area contributed by atoms with Crippen LogP contribution in [0.2, 0.25) is 0 Å². The second-order valence-corrected chi connectivity index (χ2v) is 17.5. The van der Waals surface area contributed by atoms with Gasteiger partial charge < -0.3 is 14.2 Å². The monoisotopic (exact) mass is 903 g/mol. The van der Waals surface area contributed by atoms with E-state index in [1.54, 1.807) is 0 Å². The van der Waals surface area contributed by atoms with E-state index in [0.717, 1.165) is 89.9 Å². The fourth-order valence-electron chi connectivity index (χ4n) is 7.15. The van der Waals surface area contributed by atoms with Gasteiger partial charge in [0.2, 0.25) is 0 Å². The van der Waals surface area contributed by atoms with Gasteiger partial charge in [-0.1, -0.05) is 240 Å². The molecule has 0 aromatic carbocycles. The van der Waals surface area contributed by atoms with Crippen LogP contribution in [-0.2, 0) is 28.6 Å². The molecular weight excluding hydrogens is 805 g/mol. The summed E-state index contributed by atoms with van der Waals surface area (Å²) >= 11 is 0. The molecule has 0 aromatic heterocycles. The van der Waals surface area contributed by atoms with Crippen LogP contribution in [0.25, 0.3) is 0 Å². The predicted octanol–water partition coefficient (Wildman–Crippen LogP) is 17.8. The average molecular weight is 903 g/mol. The molecule has 0 amide bonds. The summed E-state index contributed by atoms with van der Waals surface area (Å²) in [4.78, 5) is 38.0. The standard InChI is InChI=1S/C59H98O6/c1-4-7-10-13-16-19-22-25-28-29-32-34-37-40-43-46-49-52-58(61)64-55-56(65-59(62)53-50-47-44-41-38-35-31-27-24-21-18-15-12-9-6-3)54-63-57(60)51-48-45-42-39-36-33-30-26-23-20-17-14-11-8-5-2/h9,12,15-16,18-19,21,24-25,27-28,31-32,34,40,43,56H,4-8,10-11,13-14,17,20,22-23,26,29-30,33,35-39,41-42,44-55H2,1-3H3/b12-9-,18-15-,19-16-,24-21-,28-25-,31-27-,34-32-,43-40-. The van der Waals surface area contributed by atoms with Gasteiger partial charge in [-0.2, -0.15) is 0 Å². The van der Waals surface area contributed by atoms with Crippen LogP contribution in [0.1, 0.15) is 239 Å². The molecule has 0 rings (SSSR count). The highest BCUT2D eigenvalue weighted by Gasteiger charge is 2.19. The molecule has 65 heavy (non-hydrogen) atoms. The first kappa shape index (κ1) is 61.3. The summed E-state index contributed by atoms with van der Waals surface area (Å²) in [6.07, 6.45) is 69.6. The lowest BCUT2D eigenvalue weighted by molar-refractivity contribution is -0.167. The van der Waals surface area contributed by atoms with E-state index in [1.165, 1.54) is 103 Å². The highest BCUT2D eigenvalue weighted by molar-refractivity contribution is 5.71. The second-order valence-electron chi connectivity index (χ2n) is 17.5. The van der Waals surface area contributed by atoms with Gasteiger partial charge in [0, 0.05) is 19.3 Å². The van der Waals surface area contributed by atoms with Crippen molar-refractivity contribution in [3.63, 3.8) is 0 Å². The Balaban J connectivity index is 4.51. The van der Waals surface area contributed by atoms with Gasteiger partial charge in [0.05, 0.1) is 0 Å². The number of esters is 3. The van der Waals surface area contributed by atoms with Crippen LogP contribution in [-0.4, -0.2) is 37.2 Å². The number of ether oxygens (including phenoxy) is 3. The van der Waals surface area contributed by atoms with E-state index < -0.39 is 6.10 Å². The van der Waals surface area contributed by atoms with Gasteiger partial charge in [0.1, 0.15) is 13.2 Å². The summed E-state index contributed by atoms with van der Waals surface area (Å²) < 4.78 is 16.8. The van der Waals surface area contributed by atoms with Gasteiger partial charge >= 0.3 is 17.9 Å². The fourth-order valence-corrected chi connectivity index (χ4v) is 7.15. The minimum atomic E-state index is -0.811. The lowest BCUT2D eigenvalue weighted by Crippen LogP contribution is -2.30. The third kappa shape index (κ3) is 51.2. The molecule has 0 aliphatic rings. The maximum atomic E-state index is 12.8. The third-order valence-corrected chi connectivity index (χ3v) is 11.2. The summed E-state index contributed by atoms with van der Waals surface area (Å²) in [5.41, 5.74) is 0. The quantitative estimate of drug-likeness (QED) is 0.0199. The molecule has 6 heteroatoms. The van der Waals surface area contributed by atoms with E-state index >= 15 is 0 Å². The number of hydrogen-bond donors (Lipinski definition) is 0. The molecule has 0 spiro atoms. The minimum absolute atomic E-state index is 0.103. The third-order valence-electron chi connectivity index (χ3n) is 11.2. The zero-order valence-electron chi connectivity index (χ0n) is 42.2. The molecule has 0 bridgehead atoms. The Morgan fingerprint density at radius 2 is 0.677 bits per heavy atom. The number of carbonyl (C=O) groups excluding carboxylic acids is 3. The summed E-state index contributed by atoms with van der Waals surface area (Å²) in [6.45, 7) is 6.41. The van der Waals surface area contributed by atoms with Crippen molar-refractivity contribution in [1.29, 1.82) is 0 Å². The zero-order valence-corrected chi connectivity index (χ0v) is 42.2. The zero-order chi connectivity index (χ0) is 47.2. The maximum absolute atomic E-state index is 12.8. The number of unbranched alkanes of at least 4 members (excludes halogenated alkanes) is 23. The molecule has 0 aliphatic heterocycles. The number of rotatable bonds is 47. The average Bonchev–Trinajstić information content (AvgIpc) is 3.30. The molecule has 0 radical (unpaired) electrons. The Bertz CT molecular complexity index is 1310. The van der Waals surface area contributed by atoms with Gasteiger partial charge in [-0.25, -0.2) is 0 Å². The molecule has 1 unspecified atom stereocenters. The first-order chi connectivity index (χ1) is 32.0. The van der Waals surface area contributed by atoms with Crippen LogP contribution >= 0.6 is 0 Å². The van der Waals surface area contributed by atoms with Gasteiger partial charge in [-0.3, -0.25) is 14.4 Å². The van der Waals surface area contributed by atoms with E-state index in [2.05, 4.69) is 93.7 Å². The summed E-state index contributed by atoms with van der Waals surface area (Å²) in [5.74, 6) is -0.985. The summed E-state index contributed by atoms with van der Waals surface area (Å²) in [5, 5.41) is 0. The van der Waals surface area contributed by atoms with Gasteiger partial charge in [0.15, 0.2) is 6.10 Å². The fraction of sp³-hybridized carbons (Fsp3) is 0.678. The topological polar surface area (TPSA) is 78.9 Å². The molecule has 0 N–H and O–H groups in total. The normalized spacial score (nSPS) is 12.8. The molecule has 0 fully saturated rings. The minimum Gasteiger partial charge on any atom is -0.462 e. The van der Waals surface area contributed by atoms with Gasteiger partial charge in [0.25, 0.3) is 0 Å². The number of allylic oxidation sites excluding steroid dienone is 16.